The van der Waals surface area contributed by atoms with Crippen LogP contribution in [0.4, 0.5) is 13.2 Å². The lowest BCUT2D eigenvalue weighted by Crippen LogP contribution is -2.23. The van der Waals surface area contributed by atoms with E-state index in [2.05, 4.69) is 0 Å². The number of benzene rings is 3. The fourth-order valence-electron chi connectivity index (χ4n) is 5.14. The Morgan fingerprint density at radius 3 is 2.23 bits per heavy atom. The number of halogens is 3. The van der Waals surface area contributed by atoms with E-state index in [1.165, 1.54) is 6.07 Å². The van der Waals surface area contributed by atoms with Crippen molar-refractivity contribution < 1.29 is 23.0 Å². The Morgan fingerprint density at radius 2 is 1.60 bits per heavy atom. The van der Waals surface area contributed by atoms with Crippen LogP contribution in [0.2, 0.25) is 0 Å². The summed E-state index contributed by atoms with van der Waals surface area (Å²) < 4.78 is 49.6. The average molecular weight is 483 g/mol. The molecule has 0 aliphatic heterocycles. The zero-order valence-electron chi connectivity index (χ0n) is 20.4. The molecular weight excluding hydrogens is 449 g/mol. The van der Waals surface area contributed by atoms with Crippen molar-refractivity contribution in [1.29, 1.82) is 0 Å². The monoisotopic (exact) mass is 482 g/mol. The van der Waals surface area contributed by atoms with E-state index in [0.29, 0.717) is 41.9 Å². The highest BCUT2D eigenvalue weighted by Gasteiger charge is 2.28. The minimum absolute atomic E-state index is 0.00379. The molecular formula is C30H33F3O2. The normalized spacial score (nSPS) is 18.9. The van der Waals surface area contributed by atoms with E-state index in [-0.39, 0.29) is 23.8 Å². The van der Waals surface area contributed by atoms with Crippen LogP contribution in [0, 0.1) is 23.4 Å². The number of aliphatic hydroxyl groups excluding tert-OH is 1. The van der Waals surface area contributed by atoms with Gasteiger partial charge in [-0.1, -0.05) is 36.4 Å². The Bertz CT molecular complexity index is 1130. The summed E-state index contributed by atoms with van der Waals surface area (Å²) in [5.41, 5.74) is 3.04. The molecule has 1 atom stereocenters. The van der Waals surface area contributed by atoms with Crippen LogP contribution in [0.25, 0.3) is 11.1 Å². The molecule has 3 aromatic rings. The van der Waals surface area contributed by atoms with E-state index in [1.54, 1.807) is 31.2 Å². The van der Waals surface area contributed by atoms with Gasteiger partial charge in [0.05, 0.1) is 12.7 Å². The van der Waals surface area contributed by atoms with Gasteiger partial charge >= 0.3 is 0 Å². The first-order chi connectivity index (χ1) is 16.9. The van der Waals surface area contributed by atoms with Gasteiger partial charge in [0.1, 0.15) is 11.6 Å². The third kappa shape index (κ3) is 5.90. The summed E-state index contributed by atoms with van der Waals surface area (Å²) in [6, 6.07) is 15.8. The van der Waals surface area contributed by atoms with Crippen LogP contribution in [-0.2, 0) is 12.8 Å². The molecule has 0 amide bonds. The molecule has 0 radical (unpaired) electrons. The van der Waals surface area contributed by atoms with Crippen LogP contribution in [-0.4, -0.2) is 17.8 Å². The maximum Gasteiger partial charge on any atom is 0.162 e. The van der Waals surface area contributed by atoms with E-state index in [4.69, 9.17) is 4.74 Å². The molecule has 1 N–H and O–H groups in total. The van der Waals surface area contributed by atoms with Crippen LogP contribution in [0.15, 0.2) is 54.6 Å². The van der Waals surface area contributed by atoms with Gasteiger partial charge in [-0.15, -0.1) is 0 Å². The molecule has 0 aromatic heterocycles. The van der Waals surface area contributed by atoms with Gasteiger partial charge in [-0.2, -0.15) is 0 Å². The van der Waals surface area contributed by atoms with Gasteiger partial charge in [-0.3, -0.25) is 0 Å². The van der Waals surface area contributed by atoms with Crippen LogP contribution in [0.5, 0.6) is 5.75 Å². The predicted octanol–water partition coefficient (Wildman–Crippen LogP) is 7.61. The molecule has 186 valence electrons. The minimum Gasteiger partial charge on any atom is -0.494 e. The topological polar surface area (TPSA) is 29.5 Å². The SMILES string of the molecule is CCOc1ccc(-c2ccc(CCc3ccc(C4CCC(C(C)O)CC4)c(F)c3F)cc2)c(F)c1. The number of rotatable bonds is 8. The third-order valence-corrected chi connectivity index (χ3v) is 7.29. The Hall–Kier alpha value is -2.79. The molecule has 1 unspecified atom stereocenters. The van der Waals surface area contributed by atoms with Crippen molar-refractivity contribution in [3.05, 3.63) is 88.7 Å². The molecule has 0 spiro atoms. The van der Waals surface area contributed by atoms with Crippen molar-refractivity contribution in [2.24, 2.45) is 5.92 Å². The highest BCUT2D eigenvalue weighted by molar-refractivity contribution is 5.65. The highest BCUT2D eigenvalue weighted by atomic mass is 19.2. The molecule has 1 fully saturated rings. The van der Waals surface area contributed by atoms with Crippen molar-refractivity contribution in [2.75, 3.05) is 6.61 Å². The first-order valence-electron chi connectivity index (χ1n) is 12.5. The molecule has 0 bridgehead atoms. The number of ether oxygens (including phenoxy) is 1. The number of hydrogen-bond acceptors (Lipinski definition) is 2. The fourth-order valence-corrected chi connectivity index (χ4v) is 5.14. The van der Waals surface area contributed by atoms with Gasteiger partial charge in [0.15, 0.2) is 11.6 Å². The number of hydrogen-bond donors (Lipinski definition) is 1. The Labute approximate surface area is 205 Å². The van der Waals surface area contributed by atoms with Gasteiger partial charge in [0, 0.05) is 11.6 Å². The van der Waals surface area contributed by atoms with Crippen molar-refractivity contribution in [3.8, 4) is 16.9 Å². The minimum atomic E-state index is -0.756. The second kappa shape index (κ2) is 11.3. The lowest BCUT2D eigenvalue weighted by atomic mass is 9.76. The number of aryl methyl sites for hydroxylation is 2. The van der Waals surface area contributed by atoms with Gasteiger partial charge in [-0.05, 0) is 98.6 Å². The Balaban J connectivity index is 1.39. The largest absolute Gasteiger partial charge is 0.494 e. The maximum absolute atomic E-state index is 14.9. The Morgan fingerprint density at radius 1 is 0.886 bits per heavy atom. The third-order valence-electron chi connectivity index (χ3n) is 7.29. The van der Waals surface area contributed by atoms with E-state index in [0.717, 1.165) is 36.8 Å². The van der Waals surface area contributed by atoms with Gasteiger partial charge < -0.3 is 9.84 Å². The van der Waals surface area contributed by atoms with Gasteiger partial charge in [-0.25, -0.2) is 13.2 Å². The van der Waals surface area contributed by atoms with Crippen molar-refractivity contribution in [2.45, 2.75) is 64.4 Å². The zero-order valence-corrected chi connectivity index (χ0v) is 20.4. The first-order valence-corrected chi connectivity index (χ1v) is 12.5. The van der Waals surface area contributed by atoms with E-state index in [1.807, 2.05) is 31.2 Å². The van der Waals surface area contributed by atoms with Crippen molar-refractivity contribution >= 4 is 0 Å². The first kappa shape index (κ1) is 25.3. The van der Waals surface area contributed by atoms with E-state index in [9.17, 15) is 18.3 Å². The van der Waals surface area contributed by atoms with Gasteiger partial charge in [0.2, 0.25) is 0 Å². The lowest BCUT2D eigenvalue weighted by Gasteiger charge is -2.30. The van der Waals surface area contributed by atoms with Crippen LogP contribution >= 0.6 is 0 Å². The molecule has 3 aromatic carbocycles. The van der Waals surface area contributed by atoms with Gasteiger partial charge in [0.25, 0.3) is 0 Å². The molecule has 35 heavy (non-hydrogen) atoms. The summed E-state index contributed by atoms with van der Waals surface area (Å²) in [7, 11) is 0. The molecule has 2 nitrogen and oxygen atoms in total. The predicted molar refractivity (Wildman–Crippen MR) is 133 cm³/mol. The molecule has 1 aliphatic carbocycles. The molecule has 0 heterocycles. The second-order valence-electron chi connectivity index (χ2n) is 9.57. The summed E-state index contributed by atoms with van der Waals surface area (Å²) in [6.07, 6.45) is 3.80. The summed E-state index contributed by atoms with van der Waals surface area (Å²) in [5.74, 6) is -1.09. The van der Waals surface area contributed by atoms with Crippen molar-refractivity contribution in [1.82, 2.24) is 0 Å². The highest BCUT2D eigenvalue weighted by Crippen LogP contribution is 2.39. The summed E-state index contributed by atoms with van der Waals surface area (Å²) in [5, 5.41) is 9.78. The molecule has 4 rings (SSSR count). The molecule has 1 aliphatic rings. The number of aliphatic hydroxyl groups is 1. The summed E-state index contributed by atoms with van der Waals surface area (Å²) in [6.45, 7) is 4.13. The zero-order chi connectivity index (χ0) is 24.9. The van der Waals surface area contributed by atoms with Crippen LogP contribution in [0.1, 0.15) is 62.1 Å². The van der Waals surface area contributed by atoms with Crippen molar-refractivity contribution in [3.63, 3.8) is 0 Å². The molecule has 1 saturated carbocycles. The fraction of sp³-hybridized carbons (Fsp3) is 0.400. The van der Waals surface area contributed by atoms with E-state index < -0.39 is 11.6 Å². The standard InChI is InChI=1S/C30H33F3O2/c1-3-35-25-15-17-26(28(31)18-25)22-7-4-20(5-8-22)6-9-24-14-16-27(30(33)29(24)32)23-12-10-21(11-13-23)19(2)34/h4-5,7-8,14-19,21,23,34H,3,6,9-13H2,1-2H3. The van der Waals surface area contributed by atoms with Crippen LogP contribution < -0.4 is 4.74 Å². The summed E-state index contributed by atoms with van der Waals surface area (Å²) in [4.78, 5) is 0. The average Bonchev–Trinajstić information content (AvgIpc) is 2.86. The quantitative estimate of drug-likeness (QED) is 0.358. The smallest absolute Gasteiger partial charge is 0.162 e. The maximum atomic E-state index is 14.9. The Kier molecular flexibility index (Phi) is 8.17. The van der Waals surface area contributed by atoms with E-state index >= 15 is 0 Å². The lowest BCUT2D eigenvalue weighted by molar-refractivity contribution is 0.0963. The van der Waals surface area contributed by atoms with Crippen LogP contribution in [0.3, 0.4) is 0 Å². The second-order valence-corrected chi connectivity index (χ2v) is 9.57. The molecule has 0 saturated heterocycles. The summed E-state index contributed by atoms with van der Waals surface area (Å²) >= 11 is 0. The molecule has 5 heteroatoms.